The third-order valence-corrected chi connectivity index (χ3v) is 4.52. The van der Waals surface area contributed by atoms with Crippen LogP contribution in [0.4, 0.5) is 0 Å². The van der Waals surface area contributed by atoms with Crippen LogP contribution in [-0.4, -0.2) is 42.6 Å². The van der Waals surface area contributed by atoms with Crippen molar-refractivity contribution in [3.05, 3.63) is 76.1 Å². The molecular weight excluding hydrogens is 376 g/mol. The molecule has 9 heteroatoms. The van der Waals surface area contributed by atoms with Gasteiger partial charge in [0, 0.05) is 0 Å². The Kier molecular flexibility index (Phi) is 4.47. The minimum Gasteiger partial charge on any atom is -0.493 e. The molecule has 2 aromatic heterocycles. The number of fused-ring (bicyclic) bond motifs is 3. The minimum absolute atomic E-state index is 0.173. The van der Waals surface area contributed by atoms with Crippen LogP contribution in [0.2, 0.25) is 0 Å². The fraction of sp³-hybridized carbons (Fsp3) is 0.100. The summed E-state index contributed by atoms with van der Waals surface area (Å²) in [5, 5.41) is 21.6. The lowest BCUT2D eigenvalue weighted by molar-refractivity contribution is -0.135. The quantitative estimate of drug-likeness (QED) is 0.469. The van der Waals surface area contributed by atoms with Gasteiger partial charge in [-0.1, -0.05) is 42.5 Å². The van der Waals surface area contributed by atoms with Crippen LogP contribution in [0, 0.1) is 0 Å². The average Bonchev–Trinajstić information content (AvgIpc) is 3.01. The zero-order valence-corrected chi connectivity index (χ0v) is 15.1. The molecule has 0 fully saturated rings. The molecule has 0 saturated carbocycles. The summed E-state index contributed by atoms with van der Waals surface area (Å²) in [6.45, 7) is -0.287. The van der Waals surface area contributed by atoms with Crippen molar-refractivity contribution in [2.45, 2.75) is 6.54 Å². The van der Waals surface area contributed by atoms with E-state index in [2.05, 4.69) is 10.3 Å². The molecule has 9 nitrogen and oxygen atoms in total. The van der Waals surface area contributed by atoms with Gasteiger partial charge in [0.15, 0.2) is 5.56 Å². The van der Waals surface area contributed by atoms with Crippen molar-refractivity contribution >= 4 is 28.7 Å². The van der Waals surface area contributed by atoms with Crippen molar-refractivity contribution in [3.8, 4) is 5.88 Å². The molecule has 1 amide bonds. The number of carboxylic acid groups (broad SMARTS) is 1. The predicted molar refractivity (Wildman–Crippen MR) is 104 cm³/mol. The number of carboxylic acids is 1. The first-order chi connectivity index (χ1) is 14.0. The number of hydrogen-bond acceptors (Lipinski definition) is 5. The summed E-state index contributed by atoms with van der Waals surface area (Å²) < 4.78 is 3.08. The lowest BCUT2D eigenvalue weighted by atomic mass is 10.2. The highest BCUT2D eigenvalue weighted by atomic mass is 16.4. The van der Waals surface area contributed by atoms with E-state index in [1.54, 1.807) is 16.7 Å². The fourth-order valence-corrected chi connectivity index (χ4v) is 3.26. The normalized spacial score (nSPS) is 11.0. The van der Waals surface area contributed by atoms with Crippen molar-refractivity contribution in [2.75, 3.05) is 6.54 Å². The van der Waals surface area contributed by atoms with E-state index in [9.17, 15) is 19.5 Å². The predicted octanol–water partition coefficient (Wildman–Crippen LogP) is 1.22. The highest BCUT2D eigenvalue weighted by Gasteiger charge is 2.24. The molecule has 2 heterocycles. The number of carbonyl (C=O) groups excluding carboxylic acids is 1. The largest absolute Gasteiger partial charge is 0.493 e. The van der Waals surface area contributed by atoms with Crippen LogP contribution in [0.15, 0.2) is 59.4 Å². The Morgan fingerprint density at radius 2 is 1.66 bits per heavy atom. The van der Waals surface area contributed by atoms with E-state index < -0.39 is 35.4 Å². The van der Waals surface area contributed by atoms with Crippen molar-refractivity contribution in [2.24, 2.45) is 0 Å². The molecule has 3 N–H and O–H groups in total. The molecule has 0 radical (unpaired) electrons. The monoisotopic (exact) mass is 392 g/mol. The summed E-state index contributed by atoms with van der Waals surface area (Å²) in [5.41, 5.74) is 0.680. The van der Waals surface area contributed by atoms with E-state index >= 15 is 0 Å². The number of aromatic nitrogens is 3. The maximum Gasteiger partial charge on any atom is 0.322 e. The van der Waals surface area contributed by atoms with Crippen molar-refractivity contribution in [3.63, 3.8) is 0 Å². The summed E-state index contributed by atoms with van der Waals surface area (Å²) in [6, 6.07) is 16.7. The van der Waals surface area contributed by atoms with Crippen LogP contribution < -0.4 is 10.9 Å². The van der Waals surface area contributed by atoms with Gasteiger partial charge in [-0.2, -0.15) is 4.98 Å². The standard InChI is InChI=1S/C20H16N4O5/c25-15(26)10-21-17(27)16-18(28)22-20-23(11-12-6-2-1-3-7-12)13-8-4-5-9-14(13)24(20)19(16)29/h1-9,29H,10-11H2,(H,21,27)(H,25,26). The first kappa shape index (κ1) is 18.2. The van der Waals surface area contributed by atoms with Crippen LogP contribution >= 0.6 is 0 Å². The molecule has 29 heavy (non-hydrogen) atoms. The number of amides is 1. The first-order valence-electron chi connectivity index (χ1n) is 8.74. The number of nitrogens with one attached hydrogen (secondary N) is 1. The van der Waals surface area contributed by atoms with Gasteiger partial charge in [0.1, 0.15) is 6.54 Å². The SMILES string of the molecule is O=C(O)CNC(=O)c1c(O)n2c3ccccc3n(Cc3ccccc3)c2nc1=O. The zero-order chi connectivity index (χ0) is 20.5. The Labute approximate surface area is 163 Å². The Balaban J connectivity index is 1.95. The smallest absolute Gasteiger partial charge is 0.322 e. The van der Waals surface area contributed by atoms with E-state index in [1.807, 2.05) is 42.5 Å². The second kappa shape index (κ2) is 7.12. The van der Waals surface area contributed by atoms with E-state index in [0.717, 1.165) is 5.56 Å². The molecule has 2 aromatic carbocycles. The summed E-state index contributed by atoms with van der Waals surface area (Å²) in [4.78, 5) is 39.5. The maximum atomic E-state index is 12.5. The first-order valence-corrected chi connectivity index (χ1v) is 8.74. The number of aromatic hydroxyl groups is 1. The summed E-state index contributed by atoms with van der Waals surface area (Å²) in [5.74, 6) is -2.69. The number of aliphatic carboxylic acids is 1. The van der Waals surface area contributed by atoms with Gasteiger partial charge in [0.25, 0.3) is 11.5 Å². The molecule has 0 atom stereocenters. The van der Waals surface area contributed by atoms with Crippen LogP contribution in [0.25, 0.3) is 16.8 Å². The van der Waals surface area contributed by atoms with Crippen LogP contribution in [0.3, 0.4) is 0 Å². The lowest BCUT2D eigenvalue weighted by Crippen LogP contribution is -2.34. The molecule has 0 aliphatic carbocycles. The average molecular weight is 392 g/mol. The topological polar surface area (TPSA) is 126 Å². The van der Waals surface area contributed by atoms with Gasteiger partial charge in [-0.05, 0) is 17.7 Å². The van der Waals surface area contributed by atoms with Crippen LogP contribution in [-0.2, 0) is 11.3 Å². The third kappa shape index (κ3) is 3.18. The molecule has 4 aromatic rings. The van der Waals surface area contributed by atoms with Gasteiger partial charge in [-0.25, -0.2) is 4.40 Å². The van der Waals surface area contributed by atoms with E-state index in [1.165, 1.54) is 4.40 Å². The Morgan fingerprint density at radius 1 is 1.00 bits per heavy atom. The van der Waals surface area contributed by atoms with Gasteiger partial charge < -0.3 is 20.1 Å². The number of benzene rings is 2. The summed E-state index contributed by atoms with van der Waals surface area (Å²) >= 11 is 0. The summed E-state index contributed by atoms with van der Waals surface area (Å²) in [7, 11) is 0. The van der Waals surface area contributed by atoms with Crippen LogP contribution in [0.1, 0.15) is 15.9 Å². The van der Waals surface area contributed by atoms with E-state index in [-0.39, 0.29) is 5.78 Å². The van der Waals surface area contributed by atoms with Crippen LogP contribution in [0.5, 0.6) is 5.88 Å². The molecule has 146 valence electrons. The number of nitrogens with zero attached hydrogens (tertiary/aromatic N) is 3. The molecule has 4 rings (SSSR count). The fourth-order valence-electron chi connectivity index (χ4n) is 3.26. The number of rotatable bonds is 5. The molecule has 0 unspecified atom stereocenters. The zero-order valence-electron chi connectivity index (χ0n) is 15.1. The molecule has 0 saturated heterocycles. The molecule has 0 aliphatic heterocycles. The molecule has 0 aliphatic rings. The van der Waals surface area contributed by atoms with Gasteiger partial charge >= 0.3 is 5.97 Å². The number of para-hydroxylation sites is 2. The third-order valence-electron chi connectivity index (χ3n) is 4.52. The number of imidazole rings is 1. The van der Waals surface area contributed by atoms with Gasteiger partial charge in [0.05, 0.1) is 17.6 Å². The lowest BCUT2D eigenvalue weighted by Gasteiger charge is -2.08. The van der Waals surface area contributed by atoms with Gasteiger partial charge in [0.2, 0.25) is 11.7 Å². The maximum absolute atomic E-state index is 12.5. The number of hydrogen-bond donors (Lipinski definition) is 3. The second-order valence-electron chi connectivity index (χ2n) is 6.39. The van der Waals surface area contributed by atoms with E-state index in [4.69, 9.17) is 5.11 Å². The van der Waals surface area contributed by atoms with Crippen molar-refractivity contribution in [1.29, 1.82) is 0 Å². The Hall–Kier alpha value is -4.14. The Bertz CT molecular complexity index is 1310. The van der Waals surface area contributed by atoms with Crippen molar-refractivity contribution in [1.82, 2.24) is 19.3 Å². The van der Waals surface area contributed by atoms with Crippen molar-refractivity contribution < 1.29 is 19.8 Å². The Morgan fingerprint density at radius 3 is 2.34 bits per heavy atom. The highest BCUT2D eigenvalue weighted by Crippen LogP contribution is 2.26. The second-order valence-corrected chi connectivity index (χ2v) is 6.39. The van der Waals surface area contributed by atoms with E-state index in [0.29, 0.717) is 17.6 Å². The van der Waals surface area contributed by atoms with Gasteiger partial charge in [-0.15, -0.1) is 0 Å². The minimum atomic E-state index is -1.27. The summed E-state index contributed by atoms with van der Waals surface area (Å²) in [6.07, 6.45) is 0. The van der Waals surface area contributed by atoms with Gasteiger partial charge in [-0.3, -0.25) is 14.4 Å². The molecule has 0 bridgehead atoms. The number of carbonyl (C=O) groups is 2. The highest BCUT2D eigenvalue weighted by molar-refractivity contribution is 5.98. The molecular formula is C20H16N4O5. The molecule has 0 spiro atoms.